The molecule has 0 spiro atoms. The van der Waals surface area contributed by atoms with Crippen LogP contribution in [-0.4, -0.2) is 29.8 Å². The number of nitrogens with one attached hydrogen (secondary N) is 2. The first kappa shape index (κ1) is 15.1. The van der Waals surface area contributed by atoms with Crippen LogP contribution >= 0.6 is 0 Å². The highest BCUT2D eigenvalue weighted by molar-refractivity contribution is 5.93. The third-order valence-corrected chi connectivity index (χ3v) is 3.54. The molecule has 2 aromatic rings. The molecule has 1 aliphatic heterocycles. The summed E-state index contributed by atoms with van der Waals surface area (Å²) in [5.41, 5.74) is 4.84. The van der Waals surface area contributed by atoms with Gasteiger partial charge in [0.25, 0.3) is 5.91 Å². The Balaban J connectivity index is 1.77. The summed E-state index contributed by atoms with van der Waals surface area (Å²) in [6.45, 7) is 4.52. The predicted octanol–water partition coefficient (Wildman–Crippen LogP) is 2.50. The minimum atomic E-state index is -0.296. The van der Waals surface area contributed by atoms with E-state index in [0.717, 1.165) is 29.0 Å². The average Bonchev–Trinajstić information content (AvgIpc) is 3.16. The lowest BCUT2D eigenvalue weighted by molar-refractivity contribution is 0.0951. The molecule has 0 saturated carbocycles. The van der Waals surface area contributed by atoms with Crippen molar-refractivity contribution in [2.75, 3.05) is 6.61 Å². The van der Waals surface area contributed by atoms with E-state index >= 15 is 0 Å². The van der Waals surface area contributed by atoms with E-state index in [-0.39, 0.29) is 12.0 Å². The van der Waals surface area contributed by atoms with E-state index in [2.05, 4.69) is 15.5 Å². The zero-order valence-electron chi connectivity index (χ0n) is 13.1. The third kappa shape index (κ3) is 3.36. The van der Waals surface area contributed by atoms with Crippen molar-refractivity contribution in [3.8, 4) is 11.5 Å². The number of H-pyrrole nitrogens is 1. The number of fused-ring (bicyclic) bond motifs is 1. The van der Waals surface area contributed by atoms with Crippen molar-refractivity contribution < 1.29 is 14.3 Å². The van der Waals surface area contributed by atoms with Gasteiger partial charge < -0.3 is 14.5 Å². The number of aromatic amines is 1. The molecule has 23 heavy (non-hydrogen) atoms. The average molecular weight is 313 g/mol. The van der Waals surface area contributed by atoms with Crippen LogP contribution in [0.3, 0.4) is 0 Å². The van der Waals surface area contributed by atoms with Crippen molar-refractivity contribution in [3.05, 3.63) is 47.3 Å². The van der Waals surface area contributed by atoms with E-state index < -0.39 is 0 Å². The van der Waals surface area contributed by atoms with E-state index in [0.29, 0.717) is 12.3 Å². The molecule has 1 atom stereocenters. The summed E-state index contributed by atoms with van der Waals surface area (Å²) >= 11 is 0. The van der Waals surface area contributed by atoms with Crippen molar-refractivity contribution in [3.63, 3.8) is 0 Å². The summed E-state index contributed by atoms with van der Waals surface area (Å²) in [5.74, 6) is 1.29. The lowest BCUT2D eigenvalue weighted by Crippen LogP contribution is -2.17. The van der Waals surface area contributed by atoms with Gasteiger partial charge in [-0.15, -0.1) is 0 Å². The Hall–Kier alpha value is -2.76. The lowest BCUT2D eigenvalue weighted by atomic mass is 10.1. The smallest absolute Gasteiger partial charge is 0.287 e. The fraction of sp³-hybridized carbons (Fsp3) is 0.294. The van der Waals surface area contributed by atoms with E-state index in [4.69, 9.17) is 9.47 Å². The van der Waals surface area contributed by atoms with Gasteiger partial charge in [-0.1, -0.05) is 0 Å². The van der Waals surface area contributed by atoms with Gasteiger partial charge >= 0.3 is 0 Å². The van der Waals surface area contributed by atoms with Gasteiger partial charge in [-0.05, 0) is 38.1 Å². The fourth-order valence-corrected chi connectivity index (χ4v) is 2.53. The molecule has 2 N–H and O–H groups in total. The molecule has 0 fully saturated rings. The van der Waals surface area contributed by atoms with Crippen LogP contribution in [0.15, 0.2) is 35.6 Å². The van der Waals surface area contributed by atoms with Crippen molar-refractivity contribution in [1.82, 2.24) is 10.4 Å². The molecule has 0 bridgehead atoms. The number of aromatic nitrogens is 1. The molecular weight excluding hydrogens is 294 g/mol. The van der Waals surface area contributed by atoms with E-state index in [9.17, 15) is 4.79 Å². The van der Waals surface area contributed by atoms with E-state index in [1.807, 2.05) is 26.0 Å². The molecule has 2 heterocycles. The van der Waals surface area contributed by atoms with E-state index in [1.54, 1.807) is 24.5 Å². The Morgan fingerprint density at radius 2 is 2.43 bits per heavy atom. The normalized spacial score (nSPS) is 16.2. The van der Waals surface area contributed by atoms with Crippen molar-refractivity contribution in [1.29, 1.82) is 0 Å². The predicted molar refractivity (Wildman–Crippen MR) is 87.3 cm³/mol. The summed E-state index contributed by atoms with van der Waals surface area (Å²) in [5, 5.41) is 4.00. The van der Waals surface area contributed by atoms with Gasteiger partial charge in [-0.25, -0.2) is 5.43 Å². The topological polar surface area (TPSA) is 75.7 Å². The summed E-state index contributed by atoms with van der Waals surface area (Å²) in [6, 6.07) is 7.32. The van der Waals surface area contributed by atoms with Crippen LogP contribution in [0, 0.1) is 0 Å². The first-order valence-electron chi connectivity index (χ1n) is 7.60. The van der Waals surface area contributed by atoms with Gasteiger partial charge in [0, 0.05) is 23.7 Å². The molecule has 6 heteroatoms. The number of carbonyl (C=O) groups excluding carboxylic acids is 1. The second-order valence-corrected chi connectivity index (χ2v) is 5.35. The Kier molecular flexibility index (Phi) is 4.32. The van der Waals surface area contributed by atoms with Crippen LogP contribution in [0.25, 0.3) is 0 Å². The van der Waals surface area contributed by atoms with Crippen LogP contribution in [0.4, 0.5) is 0 Å². The van der Waals surface area contributed by atoms with Gasteiger partial charge in [0.1, 0.15) is 23.3 Å². The van der Waals surface area contributed by atoms with Crippen LogP contribution in [0.2, 0.25) is 0 Å². The number of ether oxygens (including phenoxy) is 2. The molecule has 1 aromatic heterocycles. The monoisotopic (exact) mass is 313 g/mol. The number of hydrogen-bond acceptors (Lipinski definition) is 4. The van der Waals surface area contributed by atoms with Gasteiger partial charge in [-0.3, -0.25) is 4.79 Å². The molecule has 120 valence electrons. The molecule has 6 nitrogen and oxygen atoms in total. The molecule has 3 rings (SSSR count). The maximum absolute atomic E-state index is 11.8. The quantitative estimate of drug-likeness (QED) is 0.658. The molecule has 1 amide bonds. The van der Waals surface area contributed by atoms with Gasteiger partial charge in [0.2, 0.25) is 0 Å². The Labute approximate surface area is 134 Å². The molecule has 1 aliphatic rings. The second-order valence-electron chi connectivity index (χ2n) is 5.35. The highest BCUT2D eigenvalue weighted by Gasteiger charge is 2.21. The van der Waals surface area contributed by atoms with Crippen molar-refractivity contribution >= 4 is 12.1 Å². The van der Waals surface area contributed by atoms with Crippen LogP contribution < -0.4 is 14.9 Å². The van der Waals surface area contributed by atoms with Crippen LogP contribution in [0.1, 0.15) is 35.5 Å². The summed E-state index contributed by atoms with van der Waals surface area (Å²) in [7, 11) is 0. The Bertz CT molecular complexity index is 723. The molecule has 0 saturated heterocycles. The molecule has 0 unspecified atom stereocenters. The van der Waals surface area contributed by atoms with Crippen molar-refractivity contribution in [2.24, 2.45) is 5.10 Å². The summed E-state index contributed by atoms with van der Waals surface area (Å²) in [6.07, 6.45) is 4.29. The van der Waals surface area contributed by atoms with Crippen molar-refractivity contribution in [2.45, 2.75) is 26.4 Å². The maximum atomic E-state index is 11.8. The first-order chi connectivity index (χ1) is 11.2. The number of nitrogens with zero attached hydrogens (tertiary/aromatic N) is 1. The number of benzene rings is 1. The Morgan fingerprint density at radius 1 is 1.57 bits per heavy atom. The third-order valence-electron chi connectivity index (χ3n) is 3.54. The number of amides is 1. The minimum Gasteiger partial charge on any atom is -0.493 e. The fourth-order valence-electron chi connectivity index (χ4n) is 2.53. The zero-order chi connectivity index (χ0) is 16.2. The second kappa shape index (κ2) is 6.56. The number of hydrazone groups is 1. The lowest BCUT2D eigenvalue weighted by Gasteiger charge is -2.09. The zero-order valence-corrected chi connectivity index (χ0v) is 13.1. The molecule has 0 radical (unpaired) electrons. The van der Waals surface area contributed by atoms with Gasteiger partial charge in [0.15, 0.2) is 0 Å². The SMILES string of the molecule is CCOc1cc2c(cc1/C=N\NC(=O)c1ccc[nH]1)O[C@H](C)C2. The van der Waals surface area contributed by atoms with Crippen LogP contribution in [-0.2, 0) is 6.42 Å². The summed E-state index contributed by atoms with van der Waals surface area (Å²) < 4.78 is 11.4. The summed E-state index contributed by atoms with van der Waals surface area (Å²) in [4.78, 5) is 14.7. The number of carbonyl (C=O) groups is 1. The molecular formula is C17H19N3O3. The minimum absolute atomic E-state index is 0.166. The van der Waals surface area contributed by atoms with Gasteiger partial charge in [0.05, 0.1) is 12.8 Å². The standard InChI is InChI=1S/C17H19N3O3/c1-3-22-15-8-12-7-11(2)23-16(12)9-13(15)10-19-20-17(21)14-5-4-6-18-14/h4-6,8-11,18H,3,7H2,1-2H3,(H,20,21)/b19-10-/t11-/m1/s1. The van der Waals surface area contributed by atoms with E-state index in [1.165, 1.54) is 0 Å². The molecule has 0 aliphatic carbocycles. The first-order valence-corrected chi connectivity index (χ1v) is 7.60. The largest absolute Gasteiger partial charge is 0.493 e. The highest BCUT2D eigenvalue weighted by atomic mass is 16.5. The van der Waals surface area contributed by atoms with Gasteiger partial charge in [-0.2, -0.15) is 5.10 Å². The maximum Gasteiger partial charge on any atom is 0.287 e. The molecule has 1 aromatic carbocycles. The number of hydrogen-bond donors (Lipinski definition) is 2. The Morgan fingerprint density at radius 3 is 3.17 bits per heavy atom. The number of rotatable bonds is 5. The highest BCUT2D eigenvalue weighted by Crippen LogP contribution is 2.34. The van der Waals surface area contributed by atoms with Crippen LogP contribution in [0.5, 0.6) is 11.5 Å².